The van der Waals surface area contributed by atoms with E-state index in [1.807, 2.05) is 0 Å². The minimum atomic E-state index is -3.27. The van der Waals surface area contributed by atoms with Crippen molar-refractivity contribution in [2.24, 2.45) is 0 Å². The topological polar surface area (TPSA) is 70.7 Å². The highest BCUT2D eigenvalue weighted by Crippen LogP contribution is 2.12. The molecule has 0 spiro atoms. The first-order chi connectivity index (χ1) is 9.68. The van der Waals surface area contributed by atoms with Crippen molar-refractivity contribution in [2.45, 2.75) is 44.6 Å². The molecule has 7 heteroatoms. The monoisotopic (exact) mass is 305 g/mol. The molecule has 2 heterocycles. The average Bonchev–Trinajstić information content (AvgIpc) is 2.49. The SMILES string of the molecule is O=S(=O)(NCCCOC1CCNCC1)N1CCCCC1. The summed E-state index contributed by atoms with van der Waals surface area (Å²) in [7, 11) is -3.27. The van der Waals surface area contributed by atoms with E-state index in [4.69, 9.17) is 4.74 Å². The van der Waals surface area contributed by atoms with Crippen LogP contribution in [0.2, 0.25) is 0 Å². The normalized spacial score (nSPS) is 23.0. The third-order valence-corrected chi connectivity index (χ3v) is 5.51. The van der Waals surface area contributed by atoms with E-state index in [2.05, 4.69) is 10.0 Å². The van der Waals surface area contributed by atoms with Crippen LogP contribution in [0, 0.1) is 0 Å². The highest BCUT2D eigenvalue weighted by molar-refractivity contribution is 7.87. The van der Waals surface area contributed by atoms with Crippen LogP contribution in [0.4, 0.5) is 0 Å². The van der Waals surface area contributed by atoms with Gasteiger partial charge in [0.2, 0.25) is 0 Å². The van der Waals surface area contributed by atoms with Crippen molar-refractivity contribution in [1.82, 2.24) is 14.3 Å². The van der Waals surface area contributed by atoms with E-state index < -0.39 is 10.2 Å². The third kappa shape index (κ3) is 5.29. The van der Waals surface area contributed by atoms with Gasteiger partial charge in [-0.3, -0.25) is 0 Å². The Labute approximate surface area is 122 Å². The van der Waals surface area contributed by atoms with Crippen molar-refractivity contribution in [1.29, 1.82) is 0 Å². The summed E-state index contributed by atoms with van der Waals surface area (Å²) < 4.78 is 34.0. The first-order valence-corrected chi connectivity index (χ1v) is 9.19. The number of nitrogens with zero attached hydrogens (tertiary/aromatic N) is 1. The van der Waals surface area contributed by atoms with E-state index in [0.29, 0.717) is 32.3 Å². The molecule has 2 aliphatic rings. The molecule has 0 aromatic rings. The van der Waals surface area contributed by atoms with E-state index in [9.17, 15) is 8.42 Å². The average molecular weight is 305 g/mol. The molecule has 0 radical (unpaired) electrons. The zero-order chi connectivity index (χ0) is 14.3. The molecule has 0 saturated carbocycles. The predicted molar refractivity (Wildman–Crippen MR) is 78.8 cm³/mol. The maximum Gasteiger partial charge on any atom is 0.279 e. The summed E-state index contributed by atoms with van der Waals surface area (Å²) in [4.78, 5) is 0. The Morgan fingerprint density at radius 1 is 1.15 bits per heavy atom. The van der Waals surface area contributed by atoms with E-state index in [0.717, 1.165) is 51.6 Å². The Morgan fingerprint density at radius 3 is 2.55 bits per heavy atom. The Kier molecular flexibility index (Phi) is 6.70. The van der Waals surface area contributed by atoms with E-state index in [-0.39, 0.29) is 0 Å². The highest BCUT2D eigenvalue weighted by Gasteiger charge is 2.22. The molecule has 0 bridgehead atoms. The zero-order valence-electron chi connectivity index (χ0n) is 12.1. The largest absolute Gasteiger partial charge is 0.378 e. The summed E-state index contributed by atoms with van der Waals surface area (Å²) in [5.41, 5.74) is 0. The maximum atomic E-state index is 12.0. The molecular formula is C13H27N3O3S. The number of hydrogen-bond acceptors (Lipinski definition) is 4. The van der Waals surface area contributed by atoms with Crippen molar-refractivity contribution >= 4 is 10.2 Å². The molecule has 118 valence electrons. The van der Waals surface area contributed by atoms with E-state index in [1.54, 1.807) is 4.31 Å². The van der Waals surface area contributed by atoms with Crippen molar-refractivity contribution in [3.05, 3.63) is 0 Å². The van der Waals surface area contributed by atoms with E-state index >= 15 is 0 Å². The van der Waals surface area contributed by atoms with Gasteiger partial charge in [0, 0.05) is 26.2 Å². The molecule has 0 aliphatic carbocycles. The van der Waals surface area contributed by atoms with Gasteiger partial charge in [0.15, 0.2) is 0 Å². The fraction of sp³-hybridized carbons (Fsp3) is 1.00. The van der Waals surface area contributed by atoms with Gasteiger partial charge in [-0.15, -0.1) is 0 Å². The first kappa shape index (κ1) is 16.2. The molecule has 2 rings (SSSR count). The third-order valence-electron chi connectivity index (χ3n) is 3.90. The van der Waals surface area contributed by atoms with Crippen LogP contribution in [-0.2, 0) is 14.9 Å². The van der Waals surface area contributed by atoms with Crippen LogP contribution in [0.3, 0.4) is 0 Å². The van der Waals surface area contributed by atoms with Gasteiger partial charge < -0.3 is 10.1 Å². The molecule has 20 heavy (non-hydrogen) atoms. The van der Waals surface area contributed by atoms with Crippen LogP contribution in [0.1, 0.15) is 38.5 Å². The number of nitrogens with one attached hydrogen (secondary N) is 2. The summed E-state index contributed by atoms with van der Waals surface area (Å²) in [6.07, 6.45) is 6.26. The van der Waals surface area contributed by atoms with Crippen LogP contribution in [0.5, 0.6) is 0 Å². The molecule has 6 nitrogen and oxygen atoms in total. The molecular weight excluding hydrogens is 278 g/mol. The van der Waals surface area contributed by atoms with Crippen LogP contribution in [-0.4, -0.2) is 58.2 Å². The molecule has 2 aliphatic heterocycles. The molecule has 0 aromatic heterocycles. The summed E-state index contributed by atoms with van der Waals surface area (Å²) in [5.74, 6) is 0. The predicted octanol–water partition coefficient (Wildman–Crippen LogP) is 0.465. The molecule has 0 aromatic carbocycles. The van der Waals surface area contributed by atoms with Gasteiger partial charge in [-0.1, -0.05) is 6.42 Å². The second kappa shape index (κ2) is 8.29. The Morgan fingerprint density at radius 2 is 1.85 bits per heavy atom. The lowest BCUT2D eigenvalue weighted by Gasteiger charge is -2.26. The molecule has 0 unspecified atom stereocenters. The quantitative estimate of drug-likeness (QED) is 0.671. The van der Waals surface area contributed by atoms with Crippen molar-refractivity contribution in [2.75, 3.05) is 39.3 Å². The van der Waals surface area contributed by atoms with Crippen molar-refractivity contribution < 1.29 is 13.2 Å². The maximum absolute atomic E-state index is 12.0. The lowest BCUT2D eigenvalue weighted by atomic mass is 10.1. The van der Waals surface area contributed by atoms with Gasteiger partial charge >= 0.3 is 0 Å². The molecule has 2 saturated heterocycles. The molecule has 0 atom stereocenters. The van der Waals surface area contributed by atoms with Crippen LogP contribution < -0.4 is 10.0 Å². The Bertz CT molecular complexity index is 363. The fourth-order valence-corrected chi connectivity index (χ4v) is 4.01. The second-order valence-electron chi connectivity index (χ2n) is 5.53. The van der Waals surface area contributed by atoms with Gasteiger partial charge in [-0.2, -0.15) is 12.7 Å². The van der Waals surface area contributed by atoms with E-state index in [1.165, 1.54) is 0 Å². The van der Waals surface area contributed by atoms with Crippen LogP contribution >= 0.6 is 0 Å². The summed E-state index contributed by atoms with van der Waals surface area (Å²) in [6, 6.07) is 0. The lowest BCUT2D eigenvalue weighted by molar-refractivity contribution is 0.0322. The van der Waals surface area contributed by atoms with Gasteiger partial charge in [-0.25, -0.2) is 4.72 Å². The smallest absolute Gasteiger partial charge is 0.279 e. The van der Waals surface area contributed by atoms with Gasteiger partial charge in [-0.05, 0) is 45.2 Å². The summed E-state index contributed by atoms with van der Waals surface area (Å²) in [6.45, 7) is 4.44. The number of piperidine rings is 2. The number of rotatable bonds is 7. The summed E-state index contributed by atoms with van der Waals surface area (Å²) >= 11 is 0. The van der Waals surface area contributed by atoms with Crippen molar-refractivity contribution in [3.8, 4) is 0 Å². The van der Waals surface area contributed by atoms with Gasteiger partial charge in [0.25, 0.3) is 10.2 Å². The second-order valence-corrected chi connectivity index (χ2v) is 7.29. The minimum Gasteiger partial charge on any atom is -0.378 e. The zero-order valence-corrected chi connectivity index (χ0v) is 13.0. The Balaban J connectivity index is 1.57. The number of ether oxygens (including phenoxy) is 1. The minimum absolute atomic E-state index is 0.343. The molecule has 2 N–H and O–H groups in total. The molecule has 0 amide bonds. The highest BCUT2D eigenvalue weighted by atomic mass is 32.2. The van der Waals surface area contributed by atoms with Crippen LogP contribution in [0.15, 0.2) is 0 Å². The van der Waals surface area contributed by atoms with Gasteiger partial charge in [0.1, 0.15) is 0 Å². The Hall–Kier alpha value is -0.210. The van der Waals surface area contributed by atoms with Crippen molar-refractivity contribution in [3.63, 3.8) is 0 Å². The fourth-order valence-electron chi connectivity index (χ4n) is 2.68. The lowest BCUT2D eigenvalue weighted by Crippen LogP contribution is -2.43. The van der Waals surface area contributed by atoms with Gasteiger partial charge in [0.05, 0.1) is 6.10 Å². The molecule has 2 fully saturated rings. The van der Waals surface area contributed by atoms with Crippen LogP contribution in [0.25, 0.3) is 0 Å². The standard InChI is InChI=1S/C13H27N3O3S/c17-20(18,16-10-2-1-3-11-16)15-7-4-12-19-13-5-8-14-9-6-13/h13-15H,1-12H2. The summed E-state index contributed by atoms with van der Waals surface area (Å²) in [5, 5.41) is 3.30. The first-order valence-electron chi connectivity index (χ1n) is 7.75. The number of hydrogen-bond donors (Lipinski definition) is 2.